The van der Waals surface area contributed by atoms with Crippen LogP contribution < -0.4 is 0 Å². The summed E-state index contributed by atoms with van der Waals surface area (Å²) in [5.41, 5.74) is 5.89. The van der Waals surface area contributed by atoms with E-state index in [1.54, 1.807) is 0 Å². The van der Waals surface area contributed by atoms with Gasteiger partial charge in [0.15, 0.2) is 0 Å². The van der Waals surface area contributed by atoms with Gasteiger partial charge < -0.3 is 4.42 Å². The molecule has 1 aromatic heterocycles. The van der Waals surface area contributed by atoms with E-state index in [9.17, 15) is 0 Å². The van der Waals surface area contributed by atoms with Crippen molar-refractivity contribution in [2.45, 2.75) is 26.2 Å². The summed E-state index contributed by atoms with van der Waals surface area (Å²) in [4.78, 5) is 0. The Morgan fingerprint density at radius 3 is 2.22 bits per heavy atom. The molecule has 0 N–H and O–H groups in total. The largest absolute Gasteiger partial charge is 0.456 e. The Kier molecular flexibility index (Phi) is 3.05. The molecule has 0 atom stereocenters. The van der Waals surface area contributed by atoms with Crippen LogP contribution in [0, 0.1) is 0 Å². The Labute approximate surface area is 136 Å². The number of rotatable bonds is 1. The number of furan rings is 1. The standard InChI is InChI=1S/C22H20O/c1-22(2,3)17-8-6-7-15(13-17)16-11-12-21-19(14-16)18-9-4-5-10-20(18)23-21/h4-14H,1-3H3. The first-order chi connectivity index (χ1) is 11.0. The van der Waals surface area contributed by atoms with Crippen LogP contribution in [0.2, 0.25) is 0 Å². The monoisotopic (exact) mass is 300 g/mol. The Hall–Kier alpha value is -2.54. The third-order valence-corrected chi connectivity index (χ3v) is 4.44. The third-order valence-electron chi connectivity index (χ3n) is 4.44. The SMILES string of the molecule is CC(C)(C)c1cccc(-c2ccc3oc4ccccc4c3c2)c1. The normalized spacial score (nSPS) is 12.1. The fourth-order valence-electron chi connectivity index (χ4n) is 3.07. The van der Waals surface area contributed by atoms with Gasteiger partial charge in [0.25, 0.3) is 0 Å². The van der Waals surface area contributed by atoms with Crippen molar-refractivity contribution in [3.05, 3.63) is 72.3 Å². The highest BCUT2D eigenvalue weighted by Gasteiger charge is 2.14. The van der Waals surface area contributed by atoms with Crippen LogP contribution in [0.25, 0.3) is 33.1 Å². The van der Waals surface area contributed by atoms with Gasteiger partial charge in [0.2, 0.25) is 0 Å². The van der Waals surface area contributed by atoms with Crippen molar-refractivity contribution in [3.8, 4) is 11.1 Å². The first-order valence-electron chi connectivity index (χ1n) is 8.04. The van der Waals surface area contributed by atoms with Crippen molar-refractivity contribution >= 4 is 21.9 Å². The van der Waals surface area contributed by atoms with Crippen molar-refractivity contribution in [2.24, 2.45) is 0 Å². The average molecular weight is 300 g/mol. The lowest BCUT2D eigenvalue weighted by molar-refractivity contribution is 0.590. The molecular formula is C22H20O. The lowest BCUT2D eigenvalue weighted by atomic mass is 9.85. The first kappa shape index (κ1) is 14.1. The molecule has 3 aromatic carbocycles. The van der Waals surface area contributed by atoms with Crippen LogP contribution in [-0.2, 0) is 5.41 Å². The number of hydrogen-bond acceptors (Lipinski definition) is 1. The Morgan fingerprint density at radius 2 is 1.39 bits per heavy atom. The summed E-state index contributed by atoms with van der Waals surface area (Å²) < 4.78 is 5.92. The van der Waals surface area contributed by atoms with E-state index in [1.807, 2.05) is 12.1 Å². The highest BCUT2D eigenvalue weighted by atomic mass is 16.3. The predicted octanol–water partition coefficient (Wildman–Crippen LogP) is 6.55. The lowest BCUT2D eigenvalue weighted by Crippen LogP contribution is -2.10. The van der Waals surface area contributed by atoms with E-state index >= 15 is 0 Å². The maximum absolute atomic E-state index is 5.92. The van der Waals surface area contributed by atoms with E-state index in [0.29, 0.717) is 0 Å². The minimum absolute atomic E-state index is 0.155. The summed E-state index contributed by atoms with van der Waals surface area (Å²) in [6, 6.07) is 23.5. The van der Waals surface area contributed by atoms with Crippen LogP contribution >= 0.6 is 0 Å². The highest BCUT2D eigenvalue weighted by molar-refractivity contribution is 6.06. The molecule has 4 aromatic rings. The zero-order valence-electron chi connectivity index (χ0n) is 13.8. The molecule has 1 heteroatoms. The quantitative estimate of drug-likeness (QED) is 0.388. The molecule has 0 radical (unpaired) electrons. The molecular weight excluding hydrogens is 280 g/mol. The second-order valence-corrected chi connectivity index (χ2v) is 7.14. The highest BCUT2D eigenvalue weighted by Crippen LogP contribution is 2.33. The van der Waals surface area contributed by atoms with E-state index in [2.05, 4.69) is 75.4 Å². The van der Waals surface area contributed by atoms with E-state index in [-0.39, 0.29) is 5.41 Å². The van der Waals surface area contributed by atoms with Crippen LogP contribution in [0.3, 0.4) is 0 Å². The number of benzene rings is 3. The van der Waals surface area contributed by atoms with Crippen molar-refractivity contribution in [3.63, 3.8) is 0 Å². The van der Waals surface area contributed by atoms with Crippen LogP contribution in [0.1, 0.15) is 26.3 Å². The second kappa shape index (κ2) is 4.99. The van der Waals surface area contributed by atoms with Gasteiger partial charge in [-0.1, -0.05) is 69.3 Å². The molecule has 4 rings (SSSR count). The summed E-state index contributed by atoms with van der Waals surface area (Å²) in [5.74, 6) is 0. The molecule has 0 saturated carbocycles. The molecule has 0 saturated heterocycles. The van der Waals surface area contributed by atoms with Crippen LogP contribution in [0.4, 0.5) is 0 Å². The number of fused-ring (bicyclic) bond motifs is 3. The smallest absolute Gasteiger partial charge is 0.135 e. The van der Waals surface area contributed by atoms with Crippen LogP contribution in [-0.4, -0.2) is 0 Å². The fraction of sp³-hybridized carbons (Fsp3) is 0.182. The minimum Gasteiger partial charge on any atom is -0.456 e. The van der Waals surface area contributed by atoms with Gasteiger partial charge in [0.05, 0.1) is 0 Å². The molecule has 1 nitrogen and oxygen atoms in total. The molecule has 1 heterocycles. The maximum Gasteiger partial charge on any atom is 0.135 e. The fourth-order valence-corrected chi connectivity index (χ4v) is 3.07. The zero-order chi connectivity index (χ0) is 16.0. The Bertz CT molecular complexity index is 999. The Balaban J connectivity index is 1.91. The summed E-state index contributed by atoms with van der Waals surface area (Å²) in [5, 5.41) is 2.36. The predicted molar refractivity (Wildman–Crippen MR) is 97.9 cm³/mol. The molecule has 0 bridgehead atoms. The van der Waals surface area contributed by atoms with Gasteiger partial charge in [-0.2, -0.15) is 0 Å². The maximum atomic E-state index is 5.92. The molecule has 0 spiro atoms. The molecule has 114 valence electrons. The second-order valence-electron chi connectivity index (χ2n) is 7.14. The van der Waals surface area contributed by atoms with Gasteiger partial charge in [-0.05, 0) is 40.3 Å². The third kappa shape index (κ3) is 2.43. The van der Waals surface area contributed by atoms with Crippen molar-refractivity contribution in [2.75, 3.05) is 0 Å². The van der Waals surface area contributed by atoms with E-state index in [4.69, 9.17) is 4.42 Å². The van der Waals surface area contributed by atoms with Crippen molar-refractivity contribution < 1.29 is 4.42 Å². The van der Waals surface area contributed by atoms with Gasteiger partial charge in [0, 0.05) is 10.8 Å². The van der Waals surface area contributed by atoms with E-state index in [1.165, 1.54) is 27.5 Å². The molecule has 0 unspecified atom stereocenters. The number of hydrogen-bond donors (Lipinski definition) is 0. The molecule has 23 heavy (non-hydrogen) atoms. The zero-order valence-corrected chi connectivity index (χ0v) is 13.8. The average Bonchev–Trinajstić information content (AvgIpc) is 2.92. The van der Waals surface area contributed by atoms with Crippen molar-refractivity contribution in [1.82, 2.24) is 0 Å². The summed E-state index contributed by atoms with van der Waals surface area (Å²) >= 11 is 0. The molecule has 0 aliphatic rings. The molecule has 0 aliphatic heterocycles. The van der Waals surface area contributed by atoms with Gasteiger partial charge in [-0.3, -0.25) is 0 Å². The summed E-state index contributed by atoms with van der Waals surface area (Å²) in [6.45, 7) is 6.75. The first-order valence-corrected chi connectivity index (χ1v) is 8.04. The van der Waals surface area contributed by atoms with Gasteiger partial charge in [0.1, 0.15) is 11.2 Å². The molecule has 0 fully saturated rings. The van der Waals surface area contributed by atoms with Gasteiger partial charge in [-0.25, -0.2) is 0 Å². The summed E-state index contributed by atoms with van der Waals surface area (Å²) in [6.07, 6.45) is 0. The van der Waals surface area contributed by atoms with Crippen LogP contribution in [0.15, 0.2) is 71.1 Å². The lowest BCUT2D eigenvalue weighted by Gasteiger charge is -2.19. The topological polar surface area (TPSA) is 13.1 Å². The van der Waals surface area contributed by atoms with Crippen molar-refractivity contribution in [1.29, 1.82) is 0 Å². The summed E-state index contributed by atoms with van der Waals surface area (Å²) in [7, 11) is 0. The van der Waals surface area contributed by atoms with Gasteiger partial charge in [-0.15, -0.1) is 0 Å². The minimum atomic E-state index is 0.155. The van der Waals surface area contributed by atoms with E-state index < -0.39 is 0 Å². The van der Waals surface area contributed by atoms with E-state index in [0.717, 1.165) is 11.2 Å². The molecule has 0 aliphatic carbocycles. The number of para-hydroxylation sites is 1. The Morgan fingerprint density at radius 1 is 0.652 bits per heavy atom. The molecule has 0 amide bonds. The van der Waals surface area contributed by atoms with Gasteiger partial charge >= 0.3 is 0 Å². The van der Waals surface area contributed by atoms with Crippen LogP contribution in [0.5, 0.6) is 0 Å².